The number of benzene rings is 1. The normalized spacial score (nSPS) is 19.2. The number of fused-ring (bicyclic) bond motifs is 1. The highest BCUT2D eigenvalue weighted by Crippen LogP contribution is 2.41. The third-order valence-electron chi connectivity index (χ3n) is 3.98. The molecule has 19 heavy (non-hydrogen) atoms. The lowest BCUT2D eigenvalue weighted by Crippen LogP contribution is -2.24. The second-order valence-corrected chi connectivity index (χ2v) is 5.50. The van der Waals surface area contributed by atoms with Crippen molar-refractivity contribution < 1.29 is 9.47 Å². The minimum absolute atomic E-state index is 0.391. The first kappa shape index (κ1) is 12.8. The van der Waals surface area contributed by atoms with Crippen molar-refractivity contribution in [2.45, 2.75) is 38.6 Å². The highest BCUT2D eigenvalue weighted by atomic mass is 16.6. The van der Waals surface area contributed by atoms with Gasteiger partial charge in [0.1, 0.15) is 13.2 Å². The van der Waals surface area contributed by atoms with Gasteiger partial charge in [-0.2, -0.15) is 0 Å². The molecule has 1 unspecified atom stereocenters. The summed E-state index contributed by atoms with van der Waals surface area (Å²) in [5.41, 5.74) is 1.26. The lowest BCUT2D eigenvalue weighted by atomic mass is 9.98. The fraction of sp³-hybridized carbons (Fsp3) is 0.625. The molecule has 0 aromatic heterocycles. The van der Waals surface area contributed by atoms with Crippen molar-refractivity contribution in [1.82, 2.24) is 5.32 Å². The summed E-state index contributed by atoms with van der Waals surface area (Å²) in [6.07, 6.45) is 5.36. The van der Waals surface area contributed by atoms with E-state index in [4.69, 9.17) is 9.47 Å². The van der Waals surface area contributed by atoms with Crippen LogP contribution in [0.5, 0.6) is 11.5 Å². The first-order chi connectivity index (χ1) is 9.38. The van der Waals surface area contributed by atoms with E-state index in [2.05, 4.69) is 24.4 Å². The van der Waals surface area contributed by atoms with E-state index >= 15 is 0 Å². The molecule has 1 aliphatic heterocycles. The Morgan fingerprint density at radius 3 is 2.89 bits per heavy atom. The SMILES string of the molecule is CCNC(CCC1CC1)c1cccc2c1OCCO2. The molecule has 1 aromatic rings. The van der Waals surface area contributed by atoms with E-state index in [0.29, 0.717) is 19.3 Å². The average Bonchev–Trinajstić information content (AvgIpc) is 3.27. The highest BCUT2D eigenvalue weighted by Gasteiger charge is 2.25. The Labute approximate surface area is 115 Å². The van der Waals surface area contributed by atoms with Gasteiger partial charge in [0.05, 0.1) is 0 Å². The summed E-state index contributed by atoms with van der Waals surface area (Å²) < 4.78 is 11.5. The molecule has 1 fully saturated rings. The molecule has 0 radical (unpaired) electrons. The minimum Gasteiger partial charge on any atom is -0.486 e. The van der Waals surface area contributed by atoms with Crippen LogP contribution in [0.1, 0.15) is 44.2 Å². The minimum atomic E-state index is 0.391. The maximum atomic E-state index is 5.84. The van der Waals surface area contributed by atoms with Crippen molar-refractivity contribution >= 4 is 0 Å². The van der Waals surface area contributed by atoms with Crippen LogP contribution in [0.4, 0.5) is 0 Å². The average molecular weight is 261 g/mol. The van der Waals surface area contributed by atoms with Crippen LogP contribution in [0.15, 0.2) is 18.2 Å². The second-order valence-electron chi connectivity index (χ2n) is 5.50. The molecule has 1 N–H and O–H groups in total. The number of hydrogen-bond acceptors (Lipinski definition) is 3. The Morgan fingerprint density at radius 2 is 2.11 bits per heavy atom. The van der Waals surface area contributed by atoms with E-state index in [-0.39, 0.29) is 0 Å². The zero-order valence-corrected chi connectivity index (χ0v) is 11.7. The number of nitrogens with one attached hydrogen (secondary N) is 1. The summed E-state index contributed by atoms with van der Waals surface area (Å²) in [6, 6.07) is 6.64. The lowest BCUT2D eigenvalue weighted by molar-refractivity contribution is 0.168. The van der Waals surface area contributed by atoms with Gasteiger partial charge < -0.3 is 14.8 Å². The van der Waals surface area contributed by atoms with Crippen molar-refractivity contribution in [2.75, 3.05) is 19.8 Å². The van der Waals surface area contributed by atoms with E-state index in [1.165, 1.54) is 31.2 Å². The van der Waals surface area contributed by atoms with Crippen LogP contribution < -0.4 is 14.8 Å². The predicted octanol–water partition coefficient (Wildman–Crippen LogP) is 3.30. The van der Waals surface area contributed by atoms with Crippen molar-refractivity contribution in [1.29, 1.82) is 0 Å². The van der Waals surface area contributed by atoms with Gasteiger partial charge in [-0.15, -0.1) is 0 Å². The van der Waals surface area contributed by atoms with Crippen molar-refractivity contribution in [3.8, 4) is 11.5 Å². The molecule has 1 heterocycles. The molecule has 1 aromatic carbocycles. The summed E-state index contributed by atoms with van der Waals surface area (Å²) in [7, 11) is 0. The second kappa shape index (κ2) is 5.83. The fourth-order valence-corrected chi connectivity index (χ4v) is 2.79. The van der Waals surface area contributed by atoms with Gasteiger partial charge >= 0.3 is 0 Å². The van der Waals surface area contributed by atoms with Crippen molar-refractivity contribution in [3.05, 3.63) is 23.8 Å². The van der Waals surface area contributed by atoms with Crippen LogP contribution >= 0.6 is 0 Å². The summed E-state index contributed by atoms with van der Waals surface area (Å²) in [5, 5.41) is 3.60. The van der Waals surface area contributed by atoms with Crippen LogP contribution in [0.2, 0.25) is 0 Å². The number of para-hydroxylation sites is 1. The molecule has 3 rings (SSSR count). The van der Waals surface area contributed by atoms with Crippen molar-refractivity contribution in [2.24, 2.45) is 5.92 Å². The molecule has 0 bridgehead atoms. The molecule has 2 aliphatic rings. The van der Waals surface area contributed by atoms with Crippen LogP contribution in [0, 0.1) is 5.92 Å². The lowest BCUT2D eigenvalue weighted by Gasteiger charge is -2.25. The number of hydrogen-bond donors (Lipinski definition) is 1. The quantitative estimate of drug-likeness (QED) is 0.852. The summed E-state index contributed by atoms with van der Waals surface area (Å²) in [6.45, 7) is 4.46. The zero-order valence-electron chi connectivity index (χ0n) is 11.7. The molecule has 3 heteroatoms. The van der Waals surface area contributed by atoms with Gasteiger partial charge in [-0.05, 0) is 31.4 Å². The smallest absolute Gasteiger partial charge is 0.166 e. The van der Waals surface area contributed by atoms with Gasteiger partial charge in [-0.25, -0.2) is 0 Å². The van der Waals surface area contributed by atoms with E-state index in [9.17, 15) is 0 Å². The van der Waals surface area contributed by atoms with Crippen LogP contribution in [0.25, 0.3) is 0 Å². The molecular weight excluding hydrogens is 238 g/mol. The van der Waals surface area contributed by atoms with E-state index < -0.39 is 0 Å². The third kappa shape index (κ3) is 3.03. The van der Waals surface area contributed by atoms with E-state index in [1.807, 2.05) is 6.07 Å². The van der Waals surface area contributed by atoms with Gasteiger partial charge in [0.2, 0.25) is 0 Å². The van der Waals surface area contributed by atoms with E-state index in [1.54, 1.807) is 0 Å². The van der Waals surface area contributed by atoms with Gasteiger partial charge in [-0.1, -0.05) is 31.9 Å². The molecule has 104 valence electrons. The molecule has 1 saturated carbocycles. The third-order valence-corrected chi connectivity index (χ3v) is 3.98. The van der Waals surface area contributed by atoms with Gasteiger partial charge in [0.25, 0.3) is 0 Å². The molecule has 0 saturated heterocycles. The van der Waals surface area contributed by atoms with Gasteiger partial charge in [-0.3, -0.25) is 0 Å². The maximum absolute atomic E-state index is 5.84. The van der Waals surface area contributed by atoms with Crippen molar-refractivity contribution in [3.63, 3.8) is 0 Å². The Bertz CT molecular complexity index is 429. The predicted molar refractivity (Wildman–Crippen MR) is 75.8 cm³/mol. The Kier molecular flexibility index (Phi) is 3.92. The highest BCUT2D eigenvalue weighted by molar-refractivity contribution is 5.48. The maximum Gasteiger partial charge on any atom is 0.166 e. The van der Waals surface area contributed by atoms with Gasteiger partial charge in [0.15, 0.2) is 11.5 Å². The zero-order chi connectivity index (χ0) is 13.1. The van der Waals surface area contributed by atoms with Gasteiger partial charge in [0, 0.05) is 11.6 Å². The first-order valence-electron chi connectivity index (χ1n) is 7.50. The molecule has 1 atom stereocenters. The molecule has 1 aliphatic carbocycles. The number of ether oxygens (including phenoxy) is 2. The Morgan fingerprint density at radius 1 is 1.26 bits per heavy atom. The van der Waals surface area contributed by atoms with Crippen LogP contribution in [-0.2, 0) is 0 Å². The fourth-order valence-electron chi connectivity index (χ4n) is 2.79. The molecule has 0 spiro atoms. The first-order valence-corrected chi connectivity index (χ1v) is 7.50. The Balaban J connectivity index is 1.79. The van der Waals surface area contributed by atoms with E-state index in [0.717, 1.165) is 24.0 Å². The van der Waals surface area contributed by atoms with Crippen LogP contribution in [0.3, 0.4) is 0 Å². The summed E-state index contributed by atoms with van der Waals surface area (Å²) >= 11 is 0. The molecular formula is C16H23NO2. The Hall–Kier alpha value is -1.22. The summed E-state index contributed by atoms with van der Waals surface area (Å²) in [4.78, 5) is 0. The number of rotatable bonds is 6. The topological polar surface area (TPSA) is 30.5 Å². The molecule has 0 amide bonds. The largest absolute Gasteiger partial charge is 0.486 e. The summed E-state index contributed by atoms with van der Waals surface area (Å²) in [5.74, 6) is 2.83. The standard InChI is InChI=1S/C16H23NO2/c1-2-17-14(9-8-12-6-7-12)13-4-3-5-15-16(13)19-11-10-18-15/h3-5,12,14,17H,2,6-11H2,1H3. The monoisotopic (exact) mass is 261 g/mol. The molecule has 3 nitrogen and oxygen atoms in total. The van der Waals surface area contributed by atoms with Crippen LogP contribution in [-0.4, -0.2) is 19.8 Å².